The van der Waals surface area contributed by atoms with Gasteiger partial charge in [-0.1, -0.05) is 50.2 Å². The molecule has 2 aromatic carbocycles. The highest BCUT2D eigenvalue weighted by Crippen LogP contribution is 2.09. The van der Waals surface area contributed by atoms with E-state index in [2.05, 4.69) is 36.6 Å². The molecule has 0 bridgehead atoms. The van der Waals surface area contributed by atoms with Crippen molar-refractivity contribution in [3.8, 4) is 0 Å². The van der Waals surface area contributed by atoms with Crippen molar-refractivity contribution in [1.29, 1.82) is 0 Å². The third-order valence-corrected chi connectivity index (χ3v) is 6.94. The van der Waals surface area contributed by atoms with Gasteiger partial charge in [0.05, 0.1) is 12.4 Å². The van der Waals surface area contributed by atoms with Crippen molar-refractivity contribution >= 4 is 23.6 Å². The summed E-state index contributed by atoms with van der Waals surface area (Å²) in [6.07, 6.45) is 4.43. The quantitative estimate of drug-likeness (QED) is 0.150. The van der Waals surface area contributed by atoms with E-state index in [-0.39, 0.29) is 35.6 Å². The van der Waals surface area contributed by atoms with E-state index < -0.39 is 12.1 Å². The number of likely N-dealkylation sites (N-methyl/N-ethyl adjacent to an activating group) is 1. The lowest BCUT2D eigenvalue weighted by Gasteiger charge is -2.25. The third kappa shape index (κ3) is 10.7. The number of carbonyl (C=O) groups is 4. The zero-order valence-electron chi connectivity index (χ0n) is 25.3. The van der Waals surface area contributed by atoms with Gasteiger partial charge in [0.25, 0.3) is 11.8 Å². The molecule has 4 amide bonds. The van der Waals surface area contributed by atoms with E-state index in [1.807, 2.05) is 51.1 Å². The predicted octanol–water partition coefficient (Wildman–Crippen LogP) is 1.98. The van der Waals surface area contributed by atoms with Crippen molar-refractivity contribution in [2.24, 2.45) is 5.92 Å². The smallest absolute Gasteiger partial charge is 0.251 e. The molecule has 0 aliphatic rings. The van der Waals surface area contributed by atoms with Gasteiger partial charge in [-0.3, -0.25) is 19.2 Å². The minimum Gasteiger partial charge on any atom is -0.355 e. The van der Waals surface area contributed by atoms with Gasteiger partial charge in [-0.05, 0) is 49.9 Å². The summed E-state index contributed by atoms with van der Waals surface area (Å²) in [5.41, 5.74) is 2.67. The Balaban J connectivity index is 1.63. The molecule has 11 heteroatoms. The summed E-state index contributed by atoms with van der Waals surface area (Å²) in [7, 11) is 0. The zero-order chi connectivity index (χ0) is 31.2. The SMILES string of the molecule is CCNC(=O)[C@@H](NC(=O)[C@H](C)NC[C@H](Cc1ccccc1)NC(=O)c1cccc(C(=O)NCCc2cnc[nH]2)c1)C(C)C. The molecule has 0 fully saturated rings. The Morgan fingerprint density at radius 2 is 1.58 bits per heavy atom. The normalized spacial score (nSPS) is 13.0. The second kappa shape index (κ2) is 16.8. The Morgan fingerprint density at radius 3 is 2.23 bits per heavy atom. The number of carbonyl (C=O) groups excluding carboxylic acids is 4. The van der Waals surface area contributed by atoms with E-state index >= 15 is 0 Å². The number of nitrogens with one attached hydrogen (secondary N) is 6. The summed E-state index contributed by atoms with van der Waals surface area (Å²) in [6.45, 7) is 8.52. The molecule has 43 heavy (non-hydrogen) atoms. The maximum Gasteiger partial charge on any atom is 0.251 e. The number of imidazole rings is 1. The average Bonchev–Trinajstić information content (AvgIpc) is 3.52. The van der Waals surface area contributed by atoms with Gasteiger partial charge in [0.2, 0.25) is 11.8 Å². The number of H-pyrrole nitrogens is 1. The molecule has 6 N–H and O–H groups in total. The Kier molecular flexibility index (Phi) is 12.9. The largest absolute Gasteiger partial charge is 0.355 e. The first-order valence-electron chi connectivity index (χ1n) is 14.7. The highest BCUT2D eigenvalue weighted by Gasteiger charge is 2.26. The van der Waals surface area contributed by atoms with Crippen molar-refractivity contribution in [2.75, 3.05) is 19.6 Å². The highest BCUT2D eigenvalue weighted by atomic mass is 16.2. The zero-order valence-corrected chi connectivity index (χ0v) is 25.3. The van der Waals surface area contributed by atoms with Crippen LogP contribution in [0.3, 0.4) is 0 Å². The Morgan fingerprint density at radius 1 is 0.860 bits per heavy atom. The molecule has 230 valence electrons. The lowest BCUT2D eigenvalue weighted by molar-refractivity contribution is -0.130. The maximum absolute atomic E-state index is 13.3. The number of hydrogen-bond donors (Lipinski definition) is 6. The lowest BCUT2D eigenvalue weighted by atomic mass is 10.0. The van der Waals surface area contributed by atoms with Gasteiger partial charge in [-0.2, -0.15) is 0 Å². The molecule has 0 aliphatic carbocycles. The number of amides is 4. The van der Waals surface area contributed by atoms with E-state index in [1.54, 1.807) is 43.7 Å². The molecule has 0 saturated heterocycles. The first-order chi connectivity index (χ1) is 20.7. The monoisotopic (exact) mass is 589 g/mol. The van der Waals surface area contributed by atoms with Crippen LogP contribution in [-0.2, 0) is 22.4 Å². The standard InChI is InChI=1S/C32H43N7O4/c1-5-34-32(43)28(21(2)3)39-29(40)22(4)36-19-27(16-23-10-7-6-8-11-23)38-31(42)25-13-9-12-24(17-25)30(41)35-15-14-26-18-33-20-37-26/h6-13,17-18,20-22,27-28,36H,5,14-16,19H2,1-4H3,(H,33,37)(H,34,43)(H,35,41)(H,38,42)(H,39,40)/t22-,27-,28-/m0/s1. The molecule has 3 aromatic rings. The molecular formula is C32H43N7O4. The van der Waals surface area contributed by atoms with Gasteiger partial charge in [0.1, 0.15) is 6.04 Å². The first kappa shape index (κ1) is 33.0. The Hall–Kier alpha value is -4.51. The fraction of sp³-hybridized carbons (Fsp3) is 0.406. The Labute approximate surface area is 253 Å². The molecule has 3 atom stereocenters. The fourth-order valence-electron chi connectivity index (χ4n) is 4.49. The molecule has 1 aromatic heterocycles. The van der Waals surface area contributed by atoms with E-state index in [9.17, 15) is 19.2 Å². The van der Waals surface area contributed by atoms with Gasteiger partial charge in [0, 0.05) is 55.1 Å². The molecule has 0 saturated carbocycles. The molecule has 0 unspecified atom stereocenters. The third-order valence-electron chi connectivity index (χ3n) is 6.94. The van der Waals surface area contributed by atoms with Crippen LogP contribution in [0, 0.1) is 5.92 Å². The van der Waals surface area contributed by atoms with Crippen molar-refractivity contribution in [2.45, 2.75) is 58.7 Å². The first-order valence-corrected chi connectivity index (χ1v) is 14.7. The van der Waals surface area contributed by atoms with Crippen LogP contribution in [-0.4, -0.2) is 71.4 Å². The molecule has 3 rings (SSSR count). The molecule has 0 radical (unpaired) electrons. The van der Waals surface area contributed by atoms with Gasteiger partial charge < -0.3 is 31.6 Å². The summed E-state index contributed by atoms with van der Waals surface area (Å²) < 4.78 is 0. The minimum atomic E-state index is -0.647. The minimum absolute atomic E-state index is 0.0815. The molecular weight excluding hydrogens is 546 g/mol. The number of benzene rings is 2. The number of rotatable bonds is 16. The van der Waals surface area contributed by atoms with E-state index in [4.69, 9.17) is 0 Å². The van der Waals surface area contributed by atoms with E-state index in [0.717, 1.165) is 11.3 Å². The number of hydrogen-bond acceptors (Lipinski definition) is 6. The summed E-state index contributed by atoms with van der Waals surface area (Å²) in [5, 5.41) is 14.7. The van der Waals surface area contributed by atoms with Crippen LogP contribution in [0.15, 0.2) is 67.1 Å². The lowest BCUT2D eigenvalue weighted by Crippen LogP contribution is -2.55. The van der Waals surface area contributed by atoms with Gasteiger partial charge in [-0.25, -0.2) is 4.98 Å². The van der Waals surface area contributed by atoms with Crippen molar-refractivity contribution < 1.29 is 19.2 Å². The number of nitrogens with zero attached hydrogens (tertiary/aromatic N) is 1. The van der Waals surface area contributed by atoms with Gasteiger partial charge in [-0.15, -0.1) is 0 Å². The van der Waals surface area contributed by atoms with Crippen LogP contribution in [0.4, 0.5) is 0 Å². The summed E-state index contributed by atoms with van der Waals surface area (Å²) in [6, 6.07) is 14.7. The topological polar surface area (TPSA) is 157 Å². The van der Waals surface area contributed by atoms with Crippen molar-refractivity contribution in [3.63, 3.8) is 0 Å². The van der Waals surface area contributed by atoms with Crippen LogP contribution < -0.4 is 26.6 Å². The molecule has 0 aliphatic heterocycles. The number of aromatic amines is 1. The molecule has 11 nitrogen and oxygen atoms in total. The number of aromatic nitrogens is 2. The molecule has 1 heterocycles. The maximum atomic E-state index is 13.3. The summed E-state index contributed by atoms with van der Waals surface area (Å²) in [4.78, 5) is 58.3. The van der Waals surface area contributed by atoms with Crippen molar-refractivity contribution in [1.82, 2.24) is 36.6 Å². The van der Waals surface area contributed by atoms with Crippen LogP contribution in [0.5, 0.6) is 0 Å². The van der Waals surface area contributed by atoms with Gasteiger partial charge >= 0.3 is 0 Å². The average molecular weight is 590 g/mol. The molecule has 0 spiro atoms. The Bertz CT molecular complexity index is 1330. The van der Waals surface area contributed by atoms with Crippen LogP contribution in [0.25, 0.3) is 0 Å². The van der Waals surface area contributed by atoms with E-state index in [0.29, 0.717) is 43.6 Å². The predicted molar refractivity (Wildman–Crippen MR) is 165 cm³/mol. The second-order valence-corrected chi connectivity index (χ2v) is 10.8. The van der Waals surface area contributed by atoms with Crippen LogP contribution in [0.2, 0.25) is 0 Å². The summed E-state index contributed by atoms with van der Waals surface area (Å²) >= 11 is 0. The summed E-state index contributed by atoms with van der Waals surface area (Å²) in [5.74, 6) is -1.21. The van der Waals surface area contributed by atoms with E-state index in [1.165, 1.54) is 0 Å². The highest BCUT2D eigenvalue weighted by molar-refractivity contribution is 5.99. The van der Waals surface area contributed by atoms with Crippen molar-refractivity contribution in [3.05, 3.63) is 89.5 Å². The van der Waals surface area contributed by atoms with Crippen LogP contribution >= 0.6 is 0 Å². The van der Waals surface area contributed by atoms with Crippen LogP contribution in [0.1, 0.15) is 59.7 Å². The second-order valence-electron chi connectivity index (χ2n) is 10.8. The fourth-order valence-corrected chi connectivity index (χ4v) is 4.49. The van der Waals surface area contributed by atoms with Gasteiger partial charge in [0.15, 0.2) is 0 Å².